The fraction of sp³-hybridized carbons (Fsp3) is 0.462. The number of benzene rings is 1. The zero-order chi connectivity index (χ0) is 34.6. The second-order valence-corrected chi connectivity index (χ2v) is 12.4. The largest absolute Gasteiger partial charge is 0.507 e. The smallest absolute Gasteiger partial charge is 0.411 e. The molecule has 1 aromatic rings. The molecule has 1 rings (SSSR count). The van der Waals surface area contributed by atoms with Crippen molar-refractivity contribution in [3.63, 3.8) is 0 Å². The summed E-state index contributed by atoms with van der Waals surface area (Å²) in [7, 11) is 0. The van der Waals surface area contributed by atoms with Crippen LogP contribution < -0.4 is 5.32 Å². The molecule has 0 fully saturated rings. The van der Waals surface area contributed by atoms with E-state index in [2.05, 4.69) is 85.2 Å². The zero-order valence-corrected chi connectivity index (χ0v) is 29.3. The molecule has 8 heteroatoms. The summed E-state index contributed by atoms with van der Waals surface area (Å²) in [5.74, 6) is -0.615. The number of ketones is 1. The van der Waals surface area contributed by atoms with E-state index < -0.39 is 22.6 Å². The minimum atomic E-state index is -1.31. The summed E-state index contributed by atoms with van der Waals surface area (Å²) in [5.41, 5.74) is -0.128. The Balaban J connectivity index is 2.23. The van der Waals surface area contributed by atoms with Crippen molar-refractivity contribution >= 4 is 35.3 Å². The first kappa shape index (κ1) is 41.2. The van der Waals surface area contributed by atoms with Gasteiger partial charge in [-0.3, -0.25) is 10.1 Å². The number of aromatic hydroxyl groups is 1. The Kier molecular flexibility index (Phi) is 23.1. The van der Waals surface area contributed by atoms with Crippen LogP contribution in [0.2, 0.25) is 0 Å². The first-order valence-electron chi connectivity index (χ1n) is 16.9. The van der Waals surface area contributed by atoms with Crippen LogP contribution in [0.1, 0.15) is 108 Å². The number of hydrogen-bond donors (Lipinski definition) is 3. The number of rotatable bonds is 25. The number of ether oxygens (including phenoxy) is 1. The number of carbonyl (C=O) groups is 3. The number of carboxylic acid groups (broad SMARTS) is 1. The molecular formula is C39H55NO6S. The summed E-state index contributed by atoms with van der Waals surface area (Å²) in [5, 5.41) is 21.1. The highest BCUT2D eigenvalue weighted by atomic mass is 32.2. The number of allylic oxidation sites excluding steroid dienone is 12. The van der Waals surface area contributed by atoms with Gasteiger partial charge in [0.25, 0.3) is 0 Å². The number of aromatic carboxylic acids is 1. The van der Waals surface area contributed by atoms with Crippen molar-refractivity contribution in [1.82, 2.24) is 0 Å². The van der Waals surface area contributed by atoms with Gasteiger partial charge in [-0.15, -0.1) is 11.8 Å². The summed E-state index contributed by atoms with van der Waals surface area (Å²) >= 11 is 1.73. The maximum atomic E-state index is 13.1. The molecule has 0 atom stereocenters. The van der Waals surface area contributed by atoms with Crippen molar-refractivity contribution in [3.05, 3.63) is 96.7 Å². The molecule has 0 aliphatic carbocycles. The zero-order valence-electron chi connectivity index (χ0n) is 28.5. The Bertz CT molecular complexity index is 1240. The lowest BCUT2D eigenvalue weighted by Crippen LogP contribution is -2.34. The van der Waals surface area contributed by atoms with Gasteiger partial charge in [-0.1, -0.05) is 93.7 Å². The van der Waals surface area contributed by atoms with Crippen molar-refractivity contribution in [2.75, 3.05) is 17.7 Å². The Hall–Kier alpha value is -3.78. The van der Waals surface area contributed by atoms with E-state index in [0.717, 1.165) is 76.0 Å². The molecule has 0 aliphatic rings. The van der Waals surface area contributed by atoms with E-state index in [0.29, 0.717) is 12.8 Å². The van der Waals surface area contributed by atoms with Crippen LogP contribution in [0.5, 0.6) is 5.75 Å². The van der Waals surface area contributed by atoms with Crippen molar-refractivity contribution in [3.8, 4) is 5.75 Å². The van der Waals surface area contributed by atoms with E-state index in [4.69, 9.17) is 9.84 Å². The summed E-state index contributed by atoms with van der Waals surface area (Å²) in [6.45, 7) is 6.31. The van der Waals surface area contributed by atoms with Gasteiger partial charge in [-0.05, 0) is 94.6 Å². The first-order chi connectivity index (χ1) is 22.8. The molecule has 47 heavy (non-hydrogen) atoms. The van der Waals surface area contributed by atoms with Gasteiger partial charge in [-0.25, -0.2) is 9.59 Å². The standard InChI is InChI=1S/C39H55NO6S/c1-4-7-8-9-10-11-12-13-14-15-16-17-18-19-20-21-22-23-24-25-31-47-39(5-2,6-3)36(42)27-26-30-46-38(45)40-33-28-29-35(41)34(32-33)37(43)44/h7-8,10-11,13-14,16-17,19-20,22-23,28-29,32,41H,4-6,9,12,15,18,21,24-27,30-31H2,1-3H3,(H,40,45)(H,43,44)/b8-7-,11-10-,14-13-,17-16-,20-19-,23-22-. The normalized spacial score (nSPS) is 12.5. The molecular weight excluding hydrogens is 610 g/mol. The number of carbonyl (C=O) groups excluding carboxylic acids is 2. The lowest BCUT2D eigenvalue weighted by atomic mass is 9.94. The third-order valence-corrected chi connectivity index (χ3v) is 9.25. The molecule has 0 aliphatic heterocycles. The van der Waals surface area contributed by atoms with Crippen molar-refractivity contribution in [1.29, 1.82) is 0 Å². The average Bonchev–Trinajstić information content (AvgIpc) is 3.06. The Morgan fingerprint density at radius 2 is 1.32 bits per heavy atom. The van der Waals surface area contributed by atoms with Crippen LogP contribution in [-0.4, -0.2) is 45.2 Å². The molecule has 0 radical (unpaired) electrons. The van der Waals surface area contributed by atoms with Gasteiger partial charge < -0.3 is 14.9 Å². The second-order valence-electron chi connectivity index (χ2n) is 10.9. The highest BCUT2D eigenvalue weighted by Crippen LogP contribution is 2.35. The lowest BCUT2D eigenvalue weighted by molar-refractivity contribution is -0.121. The van der Waals surface area contributed by atoms with Gasteiger partial charge in [-0.2, -0.15) is 0 Å². The molecule has 0 bridgehead atoms. The van der Waals surface area contributed by atoms with E-state index in [-0.39, 0.29) is 23.6 Å². The fourth-order valence-electron chi connectivity index (χ4n) is 4.60. The van der Waals surface area contributed by atoms with Crippen molar-refractivity contribution in [2.45, 2.75) is 103 Å². The molecule has 1 aromatic carbocycles. The predicted octanol–water partition coefficient (Wildman–Crippen LogP) is 10.8. The fourth-order valence-corrected chi connectivity index (χ4v) is 5.97. The van der Waals surface area contributed by atoms with Gasteiger partial charge in [0.05, 0.1) is 11.4 Å². The number of hydrogen-bond acceptors (Lipinski definition) is 6. The first-order valence-corrected chi connectivity index (χ1v) is 17.8. The van der Waals surface area contributed by atoms with Crippen LogP contribution in [0.4, 0.5) is 10.5 Å². The van der Waals surface area contributed by atoms with Crippen LogP contribution in [0, 0.1) is 0 Å². The topological polar surface area (TPSA) is 113 Å². The van der Waals surface area contributed by atoms with Crippen LogP contribution in [0.25, 0.3) is 0 Å². The molecule has 1 amide bonds. The van der Waals surface area contributed by atoms with E-state index in [9.17, 15) is 19.5 Å². The van der Waals surface area contributed by atoms with Crippen LogP contribution in [-0.2, 0) is 9.53 Å². The highest BCUT2D eigenvalue weighted by molar-refractivity contribution is 8.01. The molecule has 3 N–H and O–H groups in total. The number of amides is 1. The molecule has 7 nitrogen and oxygen atoms in total. The number of nitrogens with one attached hydrogen (secondary N) is 1. The molecule has 0 heterocycles. The molecule has 0 aromatic heterocycles. The van der Waals surface area contributed by atoms with Gasteiger partial charge in [0.1, 0.15) is 17.1 Å². The summed E-state index contributed by atoms with van der Waals surface area (Å²) in [6, 6.07) is 3.72. The van der Waals surface area contributed by atoms with Crippen molar-refractivity contribution < 1.29 is 29.3 Å². The third kappa shape index (κ3) is 18.8. The quantitative estimate of drug-likeness (QED) is 0.0541. The number of unbranched alkanes of at least 4 members (excludes halogenated alkanes) is 1. The molecule has 258 valence electrons. The third-order valence-electron chi connectivity index (χ3n) is 7.40. The number of carboxylic acids is 1. The number of Topliss-reactive ketones (excluding diaryl/α,β-unsaturated/α-hetero) is 1. The van der Waals surface area contributed by atoms with Crippen LogP contribution >= 0.6 is 11.8 Å². The SMILES string of the molecule is CC/C=C\C/C=C\C/C=C\C/C=C\C/C=C\C/C=C\CCCSC(CC)(CC)C(=O)CCCOC(=O)Nc1ccc(O)c(C(=O)O)c1. The summed E-state index contributed by atoms with van der Waals surface area (Å²) in [4.78, 5) is 36.4. The lowest BCUT2D eigenvalue weighted by Gasteiger charge is -2.29. The van der Waals surface area contributed by atoms with E-state index in [1.807, 2.05) is 13.8 Å². The Labute approximate surface area is 286 Å². The Morgan fingerprint density at radius 3 is 1.83 bits per heavy atom. The van der Waals surface area contributed by atoms with Crippen LogP contribution in [0.3, 0.4) is 0 Å². The van der Waals surface area contributed by atoms with Crippen LogP contribution in [0.15, 0.2) is 91.1 Å². The maximum Gasteiger partial charge on any atom is 0.411 e. The summed E-state index contributed by atoms with van der Waals surface area (Å²) in [6.07, 6.45) is 35.8. The van der Waals surface area contributed by atoms with Gasteiger partial charge in [0.15, 0.2) is 0 Å². The molecule has 0 saturated carbocycles. The van der Waals surface area contributed by atoms with Gasteiger partial charge >= 0.3 is 12.1 Å². The molecule has 0 unspecified atom stereocenters. The second kappa shape index (κ2) is 26.3. The number of anilines is 1. The molecule has 0 spiro atoms. The summed E-state index contributed by atoms with van der Waals surface area (Å²) < 4.78 is 4.74. The van der Waals surface area contributed by atoms with E-state index in [1.165, 1.54) is 12.1 Å². The van der Waals surface area contributed by atoms with Gasteiger partial charge in [0.2, 0.25) is 0 Å². The van der Waals surface area contributed by atoms with Crippen molar-refractivity contribution in [2.24, 2.45) is 0 Å². The maximum absolute atomic E-state index is 13.1. The van der Waals surface area contributed by atoms with E-state index >= 15 is 0 Å². The highest BCUT2D eigenvalue weighted by Gasteiger charge is 2.34. The monoisotopic (exact) mass is 665 g/mol. The number of thioether (sulfide) groups is 1. The number of phenols is 1. The predicted molar refractivity (Wildman–Crippen MR) is 197 cm³/mol. The Morgan fingerprint density at radius 1 is 0.787 bits per heavy atom. The minimum absolute atomic E-state index is 0.0678. The van der Waals surface area contributed by atoms with Gasteiger partial charge in [0, 0.05) is 12.1 Å². The minimum Gasteiger partial charge on any atom is -0.507 e. The average molecular weight is 666 g/mol. The van der Waals surface area contributed by atoms with E-state index in [1.54, 1.807) is 11.8 Å². The molecule has 0 saturated heterocycles.